The van der Waals surface area contributed by atoms with Crippen LogP contribution in [0, 0.1) is 5.92 Å². The largest absolute Gasteiger partial charge is 0.459 e. The summed E-state index contributed by atoms with van der Waals surface area (Å²) in [6.07, 6.45) is 2.40. The van der Waals surface area contributed by atoms with E-state index in [-0.39, 0.29) is 34.7 Å². The van der Waals surface area contributed by atoms with Gasteiger partial charge in [0, 0.05) is 38.2 Å². The van der Waals surface area contributed by atoms with Crippen LogP contribution in [0.1, 0.15) is 35.5 Å². The molecule has 2 amide bonds. The van der Waals surface area contributed by atoms with Crippen LogP contribution in [0.2, 0.25) is 0 Å². The molecule has 1 saturated heterocycles. The Bertz CT molecular complexity index is 884. The van der Waals surface area contributed by atoms with Gasteiger partial charge in [0.1, 0.15) is 5.69 Å². The third-order valence-corrected chi connectivity index (χ3v) is 5.04. The number of likely N-dealkylation sites (tertiary alicyclic amines) is 1. The van der Waals surface area contributed by atoms with Crippen molar-refractivity contribution >= 4 is 17.5 Å². The maximum atomic E-state index is 12.8. The molecular weight excluding hydrogens is 322 g/mol. The average molecular weight is 341 g/mol. The molecule has 2 aromatic heterocycles. The Morgan fingerprint density at radius 2 is 2.04 bits per heavy atom. The van der Waals surface area contributed by atoms with Gasteiger partial charge in [0.2, 0.25) is 5.91 Å². The molecule has 1 fully saturated rings. The quantitative estimate of drug-likeness (QED) is 0.900. The van der Waals surface area contributed by atoms with E-state index in [0.717, 1.165) is 12.1 Å². The first-order chi connectivity index (χ1) is 12.0. The molecule has 25 heavy (non-hydrogen) atoms. The molecule has 130 valence electrons. The number of anilines is 1. The summed E-state index contributed by atoms with van der Waals surface area (Å²) in [7, 11) is 0. The van der Waals surface area contributed by atoms with Crippen LogP contribution >= 0.6 is 0 Å². The van der Waals surface area contributed by atoms with Crippen LogP contribution in [0.4, 0.5) is 5.69 Å². The first kappa shape index (κ1) is 15.7. The topological polar surface area (TPSA) is 84.6 Å². The Morgan fingerprint density at radius 3 is 2.76 bits per heavy atom. The normalized spacial score (nSPS) is 21.6. The number of piperidine rings is 1. The Balaban J connectivity index is 1.63. The molecule has 0 aliphatic carbocycles. The van der Waals surface area contributed by atoms with Crippen LogP contribution in [0.3, 0.4) is 0 Å². The van der Waals surface area contributed by atoms with E-state index in [1.165, 1.54) is 6.26 Å². The maximum absolute atomic E-state index is 12.8. The van der Waals surface area contributed by atoms with Crippen LogP contribution in [0.25, 0.3) is 0 Å². The number of pyridine rings is 1. The molecule has 2 aliphatic heterocycles. The number of carbonyl (C=O) groups is 2. The second-order valence-corrected chi connectivity index (χ2v) is 6.74. The minimum Gasteiger partial charge on any atom is -0.459 e. The van der Waals surface area contributed by atoms with Gasteiger partial charge < -0.3 is 19.2 Å². The molecule has 0 unspecified atom stereocenters. The number of hydrogen-bond donors (Lipinski definition) is 1. The van der Waals surface area contributed by atoms with Crippen molar-refractivity contribution in [2.24, 2.45) is 5.92 Å². The zero-order valence-electron chi connectivity index (χ0n) is 13.9. The fraction of sp³-hybridized carbons (Fsp3) is 0.389. The standard InChI is InChI=1S/C18H19N3O4/c1-11(22)20-8-12-7-13(10-20)15-5-4-14(18(24)21(15)9-12)19-17(23)16-3-2-6-25-16/h2-6,12-13H,7-10H2,1H3,(H,19,23)/t12-,13-/m1/s1. The molecule has 0 spiro atoms. The predicted molar refractivity (Wildman–Crippen MR) is 90.5 cm³/mol. The lowest BCUT2D eigenvalue weighted by Crippen LogP contribution is -2.48. The van der Waals surface area contributed by atoms with Gasteiger partial charge in [0.25, 0.3) is 11.5 Å². The van der Waals surface area contributed by atoms with Crippen LogP contribution in [0.15, 0.2) is 39.7 Å². The van der Waals surface area contributed by atoms with E-state index in [9.17, 15) is 14.4 Å². The smallest absolute Gasteiger partial charge is 0.291 e. The fourth-order valence-corrected chi connectivity index (χ4v) is 3.89. The summed E-state index contributed by atoms with van der Waals surface area (Å²) in [5.74, 6) is 0.230. The molecule has 2 aromatic rings. The van der Waals surface area contributed by atoms with E-state index in [2.05, 4.69) is 5.32 Å². The number of fused-ring (bicyclic) bond motifs is 4. The predicted octanol–water partition coefficient (Wildman–Crippen LogP) is 1.66. The Kier molecular flexibility index (Phi) is 3.71. The third-order valence-electron chi connectivity index (χ3n) is 5.04. The highest BCUT2D eigenvalue weighted by atomic mass is 16.3. The first-order valence-electron chi connectivity index (χ1n) is 8.37. The van der Waals surface area contributed by atoms with Gasteiger partial charge in [-0.1, -0.05) is 0 Å². The SMILES string of the molecule is CC(=O)N1C[C@H]2C[C@H](C1)c1ccc(NC(=O)c3ccco3)c(=O)n1C2. The molecule has 0 aromatic carbocycles. The summed E-state index contributed by atoms with van der Waals surface area (Å²) in [6.45, 7) is 3.48. The van der Waals surface area contributed by atoms with Crippen molar-refractivity contribution in [2.75, 3.05) is 18.4 Å². The highest BCUT2D eigenvalue weighted by molar-refractivity contribution is 6.02. The number of carbonyl (C=O) groups excluding carboxylic acids is 2. The van der Waals surface area contributed by atoms with Crippen molar-refractivity contribution in [1.82, 2.24) is 9.47 Å². The summed E-state index contributed by atoms with van der Waals surface area (Å²) in [4.78, 5) is 38.5. The number of nitrogens with zero attached hydrogens (tertiary/aromatic N) is 2. The summed E-state index contributed by atoms with van der Waals surface area (Å²) in [5, 5.41) is 2.62. The van der Waals surface area contributed by atoms with Crippen molar-refractivity contribution in [1.29, 1.82) is 0 Å². The van der Waals surface area contributed by atoms with Gasteiger partial charge in [-0.25, -0.2) is 0 Å². The molecule has 0 radical (unpaired) electrons. The molecule has 7 nitrogen and oxygen atoms in total. The Labute approximate surface area is 144 Å². The Morgan fingerprint density at radius 1 is 1.20 bits per heavy atom. The monoisotopic (exact) mass is 341 g/mol. The zero-order chi connectivity index (χ0) is 17.6. The van der Waals surface area contributed by atoms with Gasteiger partial charge in [-0.05, 0) is 36.6 Å². The van der Waals surface area contributed by atoms with Gasteiger partial charge in [0.05, 0.1) is 6.26 Å². The average Bonchev–Trinajstić information content (AvgIpc) is 3.12. The van der Waals surface area contributed by atoms with Crippen LogP contribution < -0.4 is 10.9 Å². The zero-order valence-corrected chi connectivity index (χ0v) is 13.9. The summed E-state index contributed by atoms with van der Waals surface area (Å²) in [6, 6.07) is 6.69. The second kappa shape index (κ2) is 5.91. The lowest BCUT2D eigenvalue weighted by molar-refractivity contribution is -0.131. The van der Waals surface area contributed by atoms with Crippen molar-refractivity contribution in [2.45, 2.75) is 25.8 Å². The van der Waals surface area contributed by atoms with Gasteiger partial charge >= 0.3 is 0 Å². The van der Waals surface area contributed by atoms with Crippen LogP contribution in [0.5, 0.6) is 0 Å². The van der Waals surface area contributed by atoms with E-state index in [1.807, 2.05) is 11.0 Å². The van der Waals surface area contributed by atoms with E-state index in [4.69, 9.17) is 4.42 Å². The molecule has 4 heterocycles. The minimum atomic E-state index is -0.443. The van der Waals surface area contributed by atoms with E-state index < -0.39 is 5.91 Å². The number of hydrogen-bond acceptors (Lipinski definition) is 4. The number of aromatic nitrogens is 1. The van der Waals surface area contributed by atoms with E-state index in [1.54, 1.807) is 29.7 Å². The molecule has 2 atom stereocenters. The minimum absolute atomic E-state index is 0.0767. The maximum Gasteiger partial charge on any atom is 0.291 e. The van der Waals surface area contributed by atoms with E-state index in [0.29, 0.717) is 19.6 Å². The van der Waals surface area contributed by atoms with E-state index >= 15 is 0 Å². The van der Waals surface area contributed by atoms with Crippen molar-refractivity contribution in [3.05, 3.63) is 52.3 Å². The summed E-state index contributed by atoms with van der Waals surface area (Å²) in [5.41, 5.74) is 0.972. The van der Waals surface area contributed by atoms with Crippen molar-refractivity contribution in [3.63, 3.8) is 0 Å². The van der Waals surface area contributed by atoms with Crippen molar-refractivity contribution in [3.8, 4) is 0 Å². The number of rotatable bonds is 2. The summed E-state index contributed by atoms with van der Waals surface area (Å²) < 4.78 is 6.80. The van der Waals surface area contributed by atoms with Crippen LogP contribution in [-0.4, -0.2) is 34.4 Å². The molecule has 2 aliphatic rings. The Hall–Kier alpha value is -2.83. The molecule has 0 saturated carbocycles. The number of nitrogens with one attached hydrogen (secondary N) is 1. The molecule has 4 rings (SSSR count). The third kappa shape index (κ3) is 2.75. The first-order valence-corrected chi connectivity index (χ1v) is 8.37. The lowest BCUT2D eigenvalue weighted by Gasteiger charge is -2.42. The molecular formula is C18H19N3O4. The lowest BCUT2D eigenvalue weighted by atomic mass is 9.83. The van der Waals surface area contributed by atoms with Crippen molar-refractivity contribution < 1.29 is 14.0 Å². The second-order valence-electron chi connectivity index (χ2n) is 6.74. The van der Waals surface area contributed by atoms with Crippen LogP contribution in [-0.2, 0) is 11.3 Å². The van der Waals surface area contributed by atoms with Gasteiger partial charge in [-0.15, -0.1) is 0 Å². The highest BCUT2D eigenvalue weighted by Crippen LogP contribution is 2.35. The molecule has 2 bridgehead atoms. The molecule has 7 heteroatoms. The molecule has 1 N–H and O–H groups in total. The number of furan rings is 1. The van der Waals surface area contributed by atoms with Gasteiger partial charge in [-0.3, -0.25) is 14.4 Å². The highest BCUT2D eigenvalue weighted by Gasteiger charge is 2.35. The van der Waals surface area contributed by atoms with Gasteiger partial charge in [-0.2, -0.15) is 0 Å². The summed E-state index contributed by atoms with van der Waals surface area (Å²) >= 11 is 0. The fourth-order valence-electron chi connectivity index (χ4n) is 3.89. The number of amides is 2. The van der Waals surface area contributed by atoms with Gasteiger partial charge in [0.15, 0.2) is 5.76 Å².